The van der Waals surface area contributed by atoms with Crippen LogP contribution in [0, 0.1) is 11.8 Å². The van der Waals surface area contributed by atoms with E-state index in [1.54, 1.807) is 0 Å². The summed E-state index contributed by atoms with van der Waals surface area (Å²) >= 11 is 0. The van der Waals surface area contributed by atoms with E-state index >= 15 is 0 Å². The van der Waals surface area contributed by atoms with Crippen LogP contribution in [0.15, 0.2) is 5.57 Å². The molecule has 1 nitrogen and oxygen atoms in total. The molecule has 0 aromatic carbocycles. The van der Waals surface area contributed by atoms with E-state index in [1.807, 2.05) is 0 Å². The van der Waals surface area contributed by atoms with Gasteiger partial charge in [0.25, 0.3) is 0 Å². The Hall–Kier alpha value is -0.550. The van der Waals surface area contributed by atoms with Gasteiger partial charge in [0.05, 0.1) is 0 Å². The molecule has 11 heavy (non-hydrogen) atoms. The number of hydrogen-bond acceptors (Lipinski definition) is 1. The van der Waals surface area contributed by atoms with Crippen LogP contribution in [-0.4, -0.2) is 5.94 Å². The van der Waals surface area contributed by atoms with Gasteiger partial charge in [-0.3, -0.25) is 0 Å². The van der Waals surface area contributed by atoms with Crippen molar-refractivity contribution in [3.8, 4) is 0 Å². The highest BCUT2D eigenvalue weighted by atomic mass is 16.1. The number of allylic oxidation sites excluding steroid dienone is 1. The highest BCUT2D eigenvalue weighted by molar-refractivity contribution is 5.52. The van der Waals surface area contributed by atoms with Gasteiger partial charge in [0.2, 0.25) is 0 Å². The second kappa shape index (κ2) is 2.83. The monoisotopic (exact) mass is 150 g/mol. The molecule has 2 bridgehead atoms. The van der Waals surface area contributed by atoms with Gasteiger partial charge < -0.3 is 0 Å². The van der Waals surface area contributed by atoms with Crippen molar-refractivity contribution in [1.82, 2.24) is 0 Å². The van der Waals surface area contributed by atoms with Crippen molar-refractivity contribution in [1.29, 1.82) is 0 Å². The van der Waals surface area contributed by atoms with Crippen LogP contribution < -0.4 is 0 Å². The molecule has 0 aromatic heterocycles. The van der Waals surface area contributed by atoms with Crippen molar-refractivity contribution >= 4 is 5.94 Å². The molecule has 0 aliphatic heterocycles. The lowest BCUT2D eigenvalue weighted by molar-refractivity contribution is 0.308. The predicted molar refractivity (Wildman–Crippen MR) is 43.9 cm³/mol. The van der Waals surface area contributed by atoms with Crippen LogP contribution in [0.3, 0.4) is 0 Å². The Morgan fingerprint density at radius 3 is 1.82 bits per heavy atom. The normalized spacial score (nSPS) is 36.5. The maximum atomic E-state index is 10.5. The van der Waals surface area contributed by atoms with Crippen LogP contribution in [0.1, 0.15) is 38.5 Å². The van der Waals surface area contributed by atoms with E-state index in [-0.39, 0.29) is 0 Å². The van der Waals surface area contributed by atoms with Crippen LogP contribution in [0.25, 0.3) is 0 Å². The second-order valence-electron chi connectivity index (χ2n) is 4.00. The number of carbonyl (C=O) groups excluding carboxylic acids is 1. The Morgan fingerprint density at radius 2 is 1.45 bits per heavy atom. The van der Waals surface area contributed by atoms with Crippen molar-refractivity contribution in [2.24, 2.45) is 11.8 Å². The lowest BCUT2D eigenvalue weighted by atomic mass is 9.84. The molecular formula is C10H14O. The first-order valence-electron chi connectivity index (χ1n) is 4.61. The summed E-state index contributed by atoms with van der Waals surface area (Å²) in [6.45, 7) is 0. The molecule has 0 radical (unpaired) electrons. The standard InChI is InChI=1S/C10H14O/c11-7-10-5-8-1-2-9(6-10)4-3-8/h8-9H,1-6H2. The number of rotatable bonds is 0. The van der Waals surface area contributed by atoms with Gasteiger partial charge in [0, 0.05) is 5.57 Å². The second-order valence-corrected chi connectivity index (χ2v) is 4.00. The quantitative estimate of drug-likeness (QED) is 0.484. The van der Waals surface area contributed by atoms with Gasteiger partial charge in [0.15, 0.2) is 0 Å². The van der Waals surface area contributed by atoms with Crippen molar-refractivity contribution in [3.63, 3.8) is 0 Å². The molecule has 0 saturated heterocycles. The van der Waals surface area contributed by atoms with Crippen molar-refractivity contribution in [2.45, 2.75) is 38.5 Å². The zero-order chi connectivity index (χ0) is 7.68. The molecule has 0 atom stereocenters. The van der Waals surface area contributed by atoms with Gasteiger partial charge in [-0.2, -0.15) is 0 Å². The molecule has 3 aliphatic rings. The summed E-state index contributed by atoms with van der Waals surface area (Å²) in [5.41, 5.74) is 1.06. The fraction of sp³-hybridized carbons (Fsp3) is 0.800. The van der Waals surface area contributed by atoms with Crippen LogP contribution in [0.2, 0.25) is 0 Å². The molecule has 60 valence electrons. The maximum Gasteiger partial charge on any atom is 0.123 e. The summed E-state index contributed by atoms with van der Waals surface area (Å²) < 4.78 is 0. The predicted octanol–water partition coefficient (Wildman–Crippen LogP) is 2.34. The Bertz CT molecular complexity index is 177. The third-order valence-corrected chi connectivity index (χ3v) is 3.18. The molecule has 3 aliphatic carbocycles. The molecule has 3 fully saturated rings. The van der Waals surface area contributed by atoms with Crippen molar-refractivity contribution in [2.75, 3.05) is 0 Å². The molecule has 0 heterocycles. The fourth-order valence-corrected chi connectivity index (χ4v) is 2.50. The third-order valence-electron chi connectivity index (χ3n) is 3.18. The minimum absolute atomic E-state index is 0.824. The molecule has 0 amide bonds. The Labute approximate surface area is 67.5 Å². The first kappa shape index (κ1) is 7.12. The van der Waals surface area contributed by atoms with E-state index in [4.69, 9.17) is 0 Å². The summed E-state index contributed by atoms with van der Waals surface area (Å²) in [6.07, 6.45) is 7.54. The zero-order valence-corrected chi connectivity index (χ0v) is 6.81. The Balaban J connectivity index is 2.18. The van der Waals surface area contributed by atoms with E-state index in [0.29, 0.717) is 0 Å². The van der Waals surface area contributed by atoms with Gasteiger partial charge in [-0.25, -0.2) is 4.79 Å². The summed E-state index contributed by atoms with van der Waals surface area (Å²) in [6, 6.07) is 0. The van der Waals surface area contributed by atoms with E-state index in [2.05, 4.69) is 5.94 Å². The highest BCUT2D eigenvalue weighted by Gasteiger charge is 2.27. The molecule has 3 rings (SSSR count). The molecule has 0 unspecified atom stereocenters. The molecule has 0 N–H and O–H groups in total. The van der Waals surface area contributed by atoms with Crippen LogP contribution >= 0.6 is 0 Å². The zero-order valence-electron chi connectivity index (χ0n) is 6.81. The molecule has 1 heteroatoms. The van der Waals surface area contributed by atoms with Gasteiger partial charge in [-0.15, -0.1) is 0 Å². The largest absolute Gasteiger partial charge is 0.234 e. The van der Waals surface area contributed by atoms with Crippen LogP contribution in [0.5, 0.6) is 0 Å². The van der Waals surface area contributed by atoms with E-state index in [9.17, 15) is 4.79 Å². The van der Waals surface area contributed by atoms with Gasteiger partial charge in [0.1, 0.15) is 5.94 Å². The molecular weight excluding hydrogens is 136 g/mol. The van der Waals surface area contributed by atoms with Gasteiger partial charge in [-0.1, -0.05) is 0 Å². The smallest absolute Gasteiger partial charge is 0.123 e. The van der Waals surface area contributed by atoms with Gasteiger partial charge >= 0.3 is 0 Å². The van der Waals surface area contributed by atoms with Crippen LogP contribution in [-0.2, 0) is 4.79 Å². The molecule has 0 spiro atoms. The molecule has 0 aromatic rings. The van der Waals surface area contributed by atoms with Gasteiger partial charge in [-0.05, 0) is 50.4 Å². The molecule has 3 saturated carbocycles. The minimum atomic E-state index is 0.824. The minimum Gasteiger partial charge on any atom is -0.234 e. The van der Waals surface area contributed by atoms with E-state index in [0.717, 1.165) is 30.3 Å². The first-order chi connectivity index (χ1) is 5.38. The first-order valence-corrected chi connectivity index (χ1v) is 4.61. The van der Waals surface area contributed by atoms with Crippen molar-refractivity contribution < 1.29 is 4.79 Å². The third kappa shape index (κ3) is 1.39. The summed E-state index contributed by atoms with van der Waals surface area (Å²) in [7, 11) is 0. The lowest BCUT2D eigenvalue weighted by Gasteiger charge is -2.21. The summed E-state index contributed by atoms with van der Waals surface area (Å²) in [5.74, 6) is 3.76. The summed E-state index contributed by atoms with van der Waals surface area (Å²) in [4.78, 5) is 10.5. The SMILES string of the molecule is O=C=C1CC2CCC(CC2)C1. The summed E-state index contributed by atoms with van der Waals surface area (Å²) in [5, 5.41) is 0. The number of hydrogen-bond donors (Lipinski definition) is 0. The van der Waals surface area contributed by atoms with E-state index < -0.39 is 0 Å². The average molecular weight is 150 g/mol. The van der Waals surface area contributed by atoms with Crippen LogP contribution in [0.4, 0.5) is 0 Å². The van der Waals surface area contributed by atoms with Crippen molar-refractivity contribution in [3.05, 3.63) is 5.57 Å². The maximum absolute atomic E-state index is 10.5. The average Bonchev–Trinajstić information content (AvgIpc) is 2.35. The topological polar surface area (TPSA) is 17.1 Å². The highest BCUT2D eigenvalue weighted by Crippen LogP contribution is 2.40. The van der Waals surface area contributed by atoms with E-state index in [1.165, 1.54) is 25.7 Å². The lowest BCUT2D eigenvalue weighted by Crippen LogP contribution is -2.08. The Morgan fingerprint density at radius 1 is 1.00 bits per heavy atom. The Kier molecular flexibility index (Phi) is 1.83. The number of fused-ring (bicyclic) bond motifs is 4. The fourth-order valence-electron chi connectivity index (χ4n) is 2.50.